The molecule has 4 aliphatic rings. The van der Waals surface area contributed by atoms with Crippen molar-refractivity contribution in [3.8, 4) is 0 Å². The Kier molecular flexibility index (Phi) is 10.2. The molecule has 0 amide bonds. The Hall–Kier alpha value is 0.000649. The molecule has 4 unspecified atom stereocenters. The Bertz CT molecular complexity index is 954. The van der Waals surface area contributed by atoms with Crippen LogP contribution in [0.25, 0.3) is 0 Å². The fourth-order valence-corrected chi connectivity index (χ4v) is 14.0. The molecular formula is C34H66O5Si3. The van der Waals surface area contributed by atoms with Crippen molar-refractivity contribution in [1.82, 2.24) is 0 Å². The molecule has 0 radical (unpaired) electrons. The van der Waals surface area contributed by atoms with Crippen LogP contribution in [0.2, 0.25) is 58.9 Å². The molecule has 0 heterocycles. The molecule has 42 heavy (non-hydrogen) atoms. The van der Waals surface area contributed by atoms with Crippen molar-refractivity contribution in [1.29, 1.82) is 0 Å². The molecule has 0 N–H and O–H groups in total. The van der Waals surface area contributed by atoms with Crippen molar-refractivity contribution in [3.05, 3.63) is 0 Å². The maximum absolute atomic E-state index is 12.0. The molecule has 0 saturated heterocycles. The van der Waals surface area contributed by atoms with Crippen molar-refractivity contribution >= 4 is 30.9 Å². The molecule has 4 rings (SSSR count). The van der Waals surface area contributed by atoms with Gasteiger partial charge in [-0.25, -0.2) is 0 Å². The highest BCUT2D eigenvalue weighted by atomic mass is 28.4. The highest BCUT2D eigenvalue weighted by Crippen LogP contribution is 2.69. The fourth-order valence-electron chi connectivity index (χ4n) is 10.5. The summed E-state index contributed by atoms with van der Waals surface area (Å²) in [5.74, 6) is 3.65. The van der Waals surface area contributed by atoms with Gasteiger partial charge in [0.15, 0.2) is 25.0 Å². The molecule has 4 fully saturated rings. The maximum atomic E-state index is 12.0. The van der Waals surface area contributed by atoms with Crippen molar-refractivity contribution in [3.63, 3.8) is 0 Å². The van der Waals surface area contributed by atoms with Crippen LogP contribution in [0, 0.1) is 46.3 Å². The van der Waals surface area contributed by atoms with Crippen LogP contribution in [0.15, 0.2) is 0 Å². The van der Waals surface area contributed by atoms with E-state index in [1.165, 1.54) is 39.2 Å². The van der Waals surface area contributed by atoms with E-state index in [1.807, 2.05) is 0 Å². The number of esters is 1. The van der Waals surface area contributed by atoms with Crippen molar-refractivity contribution in [2.75, 3.05) is 7.11 Å². The highest BCUT2D eigenvalue weighted by Gasteiger charge is 2.65. The lowest BCUT2D eigenvalue weighted by Crippen LogP contribution is -2.65. The summed E-state index contributed by atoms with van der Waals surface area (Å²) in [7, 11) is -3.76. The van der Waals surface area contributed by atoms with E-state index in [2.05, 4.69) is 79.7 Å². The summed E-state index contributed by atoms with van der Waals surface area (Å²) in [4.78, 5) is 12.0. The van der Waals surface area contributed by atoms with Gasteiger partial charge >= 0.3 is 5.97 Å². The van der Waals surface area contributed by atoms with Gasteiger partial charge in [0.2, 0.25) is 0 Å². The zero-order chi connectivity index (χ0) is 31.5. The molecule has 5 nitrogen and oxygen atoms in total. The second-order valence-electron chi connectivity index (χ2n) is 18.2. The molecule has 0 spiro atoms. The standard InChI is InChI=1S/C34H66O5Si3/c1-23(14-17-30(35)36-4)24-15-16-25-31-26(18-20-33(24,25)2)34(3)21-19-28(37-40(5,6)7)32(39-42(11,12)13)27(34)22-29(31)38-41(8,9)10/h23-29,31-32H,14-22H2,1-13H3/t23?,24-,25?,26?,27-,28+,29-,31?,32-,33-,34-/m1/s1. The number of fused-ring (bicyclic) bond motifs is 5. The van der Waals surface area contributed by atoms with Gasteiger partial charge in [-0.15, -0.1) is 0 Å². The molecule has 0 aromatic carbocycles. The molecule has 0 aliphatic heterocycles. The summed E-state index contributed by atoms with van der Waals surface area (Å²) in [6, 6.07) is 0. The lowest BCUT2D eigenvalue weighted by atomic mass is 9.43. The minimum absolute atomic E-state index is 0.0658. The van der Waals surface area contributed by atoms with E-state index in [0.29, 0.717) is 53.4 Å². The molecule has 4 aliphatic carbocycles. The lowest BCUT2D eigenvalue weighted by molar-refractivity contribution is -0.197. The first-order valence-electron chi connectivity index (χ1n) is 17.3. The van der Waals surface area contributed by atoms with Crippen LogP contribution in [0.5, 0.6) is 0 Å². The second-order valence-corrected chi connectivity index (χ2v) is 31.6. The SMILES string of the molecule is COC(=O)CCC(C)[C@H]1CCC2C3C(CC[C@@]21C)[C@@]1(C)CC[C@H](O[Si](C)(C)C)[C@H](O[Si](C)(C)C)[C@H]1C[C@H]3O[Si](C)(C)C. The van der Waals surface area contributed by atoms with E-state index in [9.17, 15) is 4.79 Å². The van der Waals surface area contributed by atoms with E-state index >= 15 is 0 Å². The minimum Gasteiger partial charge on any atom is -0.469 e. The summed E-state index contributed by atoms with van der Waals surface area (Å²) >= 11 is 0. The van der Waals surface area contributed by atoms with Gasteiger partial charge in [-0.1, -0.05) is 20.8 Å². The van der Waals surface area contributed by atoms with E-state index in [-0.39, 0.29) is 23.6 Å². The number of hydrogen-bond donors (Lipinski definition) is 0. The van der Waals surface area contributed by atoms with E-state index in [1.54, 1.807) is 0 Å². The number of hydrogen-bond acceptors (Lipinski definition) is 5. The van der Waals surface area contributed by atoms with Crippen LogP contribution >= 0.6 is 0 Å². The largest absolute Gasteiger partial charge is 0.469 e. The third kappa shape index (κ3) is 7.35. The van der Waals surface area contributed by atoms with Gasteiger partial charge in [0.05, 0.1) is 19.3 Å². The molecule has 0 bridgehead atoms. The minimum atomic E-state index is -1.79. The summed E-state index contributed by atoms with van der Waals surface area (Å²) in [5.41, 5.74) is 0.594. The summed E-state index contributed by atoms with van der Waals surface area (Å²) in [5, 5.41) is 0. The molecule has 11 atom stereocenters. The van der Waals surface area contributed by atoms with Crippen LogP contribution in [0.3, 0.4) is 0 Å². The van der Waals surface area contributed by atoms with Crippen LogP contribution < -0.4 is 0 Å². The number of carbonyl (C=O) groups excluding carboxylic acids is 1. The van der Waals surface area contributed by atoms with Crippen LogP contribution in [0.1, 0.15) is 78.6 Å². The topological polar surface area (TPSA) is 54.0 Å². The van der Waals surface area contributed by atoms with Gasteiger partial charge in [0.25, 0.3) is 0 Å². The third-order valence-electron chi connectivity index (χ3n) is 12.0. The Morgan fingerprint density at radius 2 is 1.29 bits per heavy atom. The van der Waals surface area contributed by atoms with E-state index in [4.69, 9.17) is 18.0 Å². The molecular weight excluding hydrogens is 573 g/mol. The zero-order valence-corrected chi connectivity index (χ0v) is 32.6. The molecule has 0 aromatic rings. The van der Waals surface area contributed by atoms with Gasteiger partial charge in [-0.3, -0.25) is 4.79 Å². The van der Waals surface area contributed by atoms with E-state index < -0.39 is 25.0 Å². The van der Waals surface area contributed by atoms with Gasteiger partial charge in [0, 0.05) is 12.5 Å². The van der Waals surface area contributed by atoms with Crippen LogP contribution in [-0.2, 0) is 22.8 Å². The third-order valence-corrected chi connectivity index (χ3v) is 15.0. The van der Waals surface area contributed by atoms with E-state index in [0.717, 1.165) is 19.3 Å². The van der Waals surface area contributed by atoms with Crippen LogP contribution in [0.4, 0.5) is 0 Å². The number of ether oxygens (including phenoxy) is 1. The van der Waals surface area contributed by atoms with Gasteiger partial charge < -0.3 is 18.0 Å². The lowest BCUT2D eigenvalue weighted by Gasteiger charge is -2.65. The monoisotopic (exact) mass is 638 g/mol. The maximum Gasteiger partial charge on any atom is 0.305 e. The average molecular weight is 639 g/mol. The predicted octanol–water partition coefficient (Wildman–Crippen LogP) is 9.11. The summed E-state index contributed by atoms with van der Waals surface area (Å²) in [6.07, 6.45) is 10.9. The van der Waals surface area contributed by atoms with Gasteiger partial charge in [-0.2, -0.15) is 0 Å². The summed E-state index contributed by atoms with van der Waals surface area (Å²) in [6.45, 7) is 28.9. The average Bonchev–Trinajstić information content (AvgIpc) is 3.19. The molecule has 0 aromatic heterocycles. The molecule has 4 saturated carbocycles. The molecule has 8 heteroatoms. The molecule has 244 valence electrons. The first-order valence-corrected chi connectivity index (χ1v) is 27.5. The Morgan fingerprint density at radius 1 is 0.738 bits per heavy atom. The quantitative estimate of drug-likeness (QED) is 0.176. The first-order chi connectivity index (χ1) is 19.2. The predicted molar refractivity (Wildman–Crippen MR) is 181 cm³/mol. The number of rotatable bonds is 10. The highest BCUT2D eigenvalue weighted by molar-refractivity contribution is 6.70. The van der Waals surface area contributed by atoms with Crippen LogP contribution in [-0.4, -0.2) is 56.3 Å². The second kappa shape index (κ2) is 12.3. The van der Waals surface area contributed by atoms with Gasteiger partial charge in [-0.05, 0) is 157 Å². The van der Waals surface area contributed by atoms with Crippen molar-refractivity contribution < 1.29 is 22.8 Å². The Balaban J connectivity index is 1.68. The van der Waals surface area contributed by atoms with Crippen molar-refractivity contribution in [2.45, 2.75) is 156 Å². The first kappa shape index (κ1) is 34.9. The Morgan fingerprint density at radius 3 is 1.86 bits per heavy atom. The van der Waals surface area contributed by atoms with Gasteiger partial charge in [0.1, 0.15) is 0 Å². The zero-order valence-electron chi connectivity index (χ0n) is 29.6. The van der Waals surface area contributed by atoms with Crippen molar-refractivity contribution in [2.24, 2.45) is 46.3 Å². The Labute approximate surface area is 262 Å². The number of carbonyl (C=O) groups is 1. The fraction of sp³-hybridized carbons (Fsp3) is 0.971. The summed E-state index contributed by atoms with van der Waals surface area (Å²) < 4.78 is 26.4. The normalized spacial score (nSPS) is 41.5. The number of methoxy groups -OCH3 is 1. The smallest absolute Gasteiger partial charge is 0.305 e.